The van der Waals surface area contributed by atoms with Gasteiger partial charge in [-0.25, -0.2) is 0 Å². The van der Waals surface area contributed by atoms with Crippen molar-refractivity contribution in [2.75, 3.05) is 0 Å². The molecule has 3 aromatic rings. The van der Waals surface area contributed by atoms with Gasteiger partial charge in [-0.05, 0) is 6.07 Å². The zero-order chi connectivity index (χ0) is 22.5. The topological polar surface area (TPSA) is 30.0 Å². The first-order valence-electron chi connectivity index (χ1n) is 7.51. The summed E-state index contributed by atoms with van der Waals surface area (Å²) in [6.45, 7) is 0. The predicted molar refractivity (Wildman–Crippen MR) is 131 cm³/mol. The first-order chi connectivity index (χ1) is 14.0. The Hall–Kier alpha value is 0.160. The summed E-state index contributed by atoms with van der Waals surface area (Å²) in [6, 6.07) is 1.45. The molecule has 0 saturated heterocycles. The van der Waals surface area contributed by atoms with Gasteiger partial charge in [0.1, 0.15) is 0 Å². The van der Waals surface area contributed by atoms with Gasteiger partial charge in [-0.15, -0.1) is 0 Å². The van der Waals surface area contributed by atoms with Gasteiger partial charge < -0.3 is 0 Å². The molecule has 0 unspecified atom stereocenters. The van der Waals surface area contributed by atoms with Crippen LogP contribution in [0.4, 0.5) is 0 Å². The lowest BCUT2D eigenvalue weighted by Gasteiger charge is -2.18. The highest BCUT2D eigenvalue weighted by atomic mass is 35.5. The molecule has 30 heavy (non-hydrogen) atoms. The first-order valence-corrected chi connectivity index (χ1v) is 11.3. The molecule has 0 amide bonds. The van der Waals surface area contributed by atoms with Crippen molar-refractivity contribution in [3.8, 4) is 22.4 Å². The zero-order valence-electron chi connectivity index (χ0n) is 13.9. The van der Waals surface area contributed by atoms with Crippen molar-refractivity contribution in [1.29, 1.82) is 0 Å². The third-order valence-electron chi connectivity index (χ3n) is 3.97. The number of benzene rings is 2. The van der Waals surface area contributed by atoms with Crippen LogP contribution < -0.4 is 0 Å². The Kier molecular flexibility index (Phi) is 7.91. The number of carbonyl (C=O) groups is 1. The van der Waals surface area contributed by atoms with Crippen LogP contribution >= 0.6 is 116 Å². The van der Waals surface area contributed by atoms with Crippen LogP contribution in [0.5, 0.6) is 0 Å². The molecule has 0 aliphatic heterocycles. The second-order valence-corrected chi connectivity index (χ2v) is 9.45. The van der Waals surface area contributed by atoms with Crippen molar-refractivity contribution in [1.82, 2.24) is 4.98 Å². The maximum absolute atomic E-state index is 11.4. The second-order valence-electron chi connectivity index (χ2n) is 5.67. The van der Waals surface area contributed by atoms with Crippen LogP contribution in [0.1, 0.15) is 10.4 Å². The monoisotopic (exact) mass is 599 g/mol. The summed E-state index contributed by atoms with van der Waals surface area (Å²) < 4.78 is 0. The fraction of sp³-hybridized carbons (Fsp3) is 0. The summed E-state index contributed by atoms with van der Waals surface area (Å²) in [6.07, 6.45) is 1.86. The summed E-state index contributed by atoms with van der Waals surface area (Å²) >= 11 is 62.6. The molecule has 0 fully saturated rings. The lowest BCUT2D eigenvalue weighted by atomic mass is 9.97. The van der Waals surface area contributed by atoms with E-state index in [1.807, 2.05) is 0 Å². The van der Waals surface area contributed by atoms with Crippen LogP contribution in [0.2, 0.25) is 50.2 Å². The molecule has 0 atom stereocenters. The van der Waals surface area contributed by atoms with Gasteiger partial charge in [0.2, 0.25) is 0 Å². The van der Waals surface area contributed by atoms with E-state index in [4.69, 9.17) is 116 Å². The van der Waals surface area contributed by atoms with Crippen molar-refractivity contribution in [2.24, 2.45) is 0 Å². The van der Waals surface area contributed by atoms with Crippen molar-refractivity contribution < 1.29 is 4.79 Å². The van der Waals surface area contributed by atoms with E-state index in [2.05, 4.69) is 4.98 Å². The maximum atomic E-state index is 11.4. The van der Waals surface area contributed by atoms with Crippen LogP contribution in [-0.2, 0) is 0 Å². The molecular formula is C18H3Cl10NO. The summed E-state index contributed by atoms with van der Waals surface area (Å²) in [4.78, 5) is 15.7. The molecule has 12 heteroatoms. The Morgan fingerprint density at radius 2 is 0.933 bits per heavy atom. The minimum absolute atomic E-state index is 0.0259. The standard InChI is InChI=1S/C18H3Cl10NO/c19-8-6(9(20)13(24)16(27)12(8)23)5-1-4(3-30)2-29-18(5)7-10(21)14(25)17(28)15(26)11(7)22/h1-3H. The number of aromatic nitrogens is 1. The van der Waals surface area contributed by atoms with Crippen LogP contribution in [0.3, 0.4) is 0 Å². The highest BCUT2D eigenvalue weighted by Gasteiger charge is 2.27. The number of nitrogens with zero attached hydrogens (tertiary/aromatic N) is 1. The fourth-order valence-corrected chi connectivity index (χ4v) is 5.25. The number of halogens is 10. The Bertz CT molecular complexity index is 1170. The highest BCUT2D eigenvalue weighted by molar-refractivity contribution is 6.58. The number of hydrogen-bond donors (Lipinski definition) is 0. The fourth-order valence-electron chi connectivity index (χ4n) is 2.59. The van der Waals surface area contributed by atoms with Crippen LogP contribution in [-0.4, -0.2) is 11.3 Å². The SMILES string of the molecule is O=Cc1cnc(-c2c(Cl)c(Cl)c(Cl)c(Cl)c2Cl)c(-c2c(Cl)c(Cl)c(Cl)c(Cl)c2Cl)c1. The van der Waals surface area contributed by atoms with E-state index in [1.54, 1.807) is 0 Å². The molecule has 0 aliphatic carbocycles. The molecule has 3 rings (SSSR count). The van der Waals surface area contributed by atoms with Gasteiger partial charge in [-0.3, -0.25) is 9.78 Å². The molecule has 0 aliphatic rings. The second kappa shape index (κ2) is 9.57. The molecule has 0 saturated carbocycles. The Labute approximate surface area is 220 Å². The van der Waals surface area contributed by atoms with E-state index in [-0.39, 0.29) is 78.2 Å². The smallest absolute Gasteiger partial charge is 0.151 e. The average molecular weight is 604 g/mol. The van der Waals surface area contributed by atoms with Crippen LogP contribution in [0, 0.1) is 0 Å². The third-order valence-corrected chi connectivity index (χ3v) is 8.52. The van der Waals surface area contributed by atoms with Gasteiger partial charge in [0.15, 0.2) is 6.29 Å². The Morgan fingerprint density at radius 1 is 0.567 bits per heavy atom. The lowest BCUT2D eigenvalue weighted by molar-refractivity contribution is 0.112. The number of rotatable bonds is 3. The van der Waals surface area contributed by atoms with Crippen molar-refractivity contribution >= 4 is 122 Å². The summed E-state index contributed by atoms with van der Waals surface area (Å²) in [5.41, 5.74) is 0.863. The summed E-state index contributed by atoms with van der Waals surface area (Å²) in [5, 5.41) is -0.350. The molecule has 0 N–H and O–H groups in total. The zero-order valence-corrected chi connectivity index (χ0v) is 21.4. The quantitative estimate of drug-likeness (QED) is 0.169. The van der Waals surface area contributed by atoms with E-state index >= 15 is 0 Å². The van der Waals surface area contributed by atoms with Gasteiger partial charge >= 0.3 is 0 Å². The van der Waals surface area contributed by atoms with Gasteiger partial charge in [-0.1, -0.05) is 116 Å². The van der Waals surface area contributed by atoms with Gasteiger partial charge in [-0.2, -0.15) is 0 Å². The molecule has 1 heterocycles. The molecule has 0 bridgehead atoms. The number of aldehydes is 1. The maximum Gasteiger partial charge on any atom is 0.151 e. The van der Waals surface area contributed by atoms with Gasteiger partial charge in [0.05, 0.1) is 55.9 Å². The molecule has 156 valence electrons. The molecule has 1 aromatic heterocycles. The number of hydrogen-bond acceptors (Lipinski definition) is 2. The Balaban J connectivity index is 2.52. The molecule has 2 aromatic carbocycles. The molecular weight excluding hydrogens is 601 g/mol. The molecule has 0 radical (unpaired) electrons. The molecule has 2 nitrogen and oxygen atoms in total. The minimum Gasteiger partial charge on any atom is -0.298 e. The van der Waals surface area contributed by atoms with Crippen molar-refractivity contribution in [3.05, 3.63) is 68.1 Å². The minimum atomic E-state index is -0.0467. The number of carbonyl (C=O) groups excluding carboxylic acids is 1. The summed E-state index contributed by atoms with van der Waals surface area (Å²) in [7, 11) is 0. The third kappa shape index (κ3) is 4.10. The van der Waals surface area contributed by atoms with E-state index < -0.39 is 0 Å². The average Bonchev–Trinajstić information content (AvgIpc) is 2.74. The van der Waals surface area contributed by atoms with E-state index in [0.717, 1.165) is 0 Å². The summed E-state index contributed by atoms with van der Waals surface area (Å²) in [5.74, 6) is 0. The number of pyridine rings is 1. The van der Waals surface area contributed by atoms with Crippen LogP contribution in [0.25, 0.3) is 22.4 Å². The predicted octanol–water partition coefficient (Wildman–Crippen LogP) is 10.8. The van der Waals surface area contributed by atoms with Crippen molar-refractivity contribution in [2.45, 2.75) is 0 Å². The van der Waals surface area contributed by atoms with E-state index in [9.17, 15) is 4.79 Å². The van der Waals surface area contributed by atoms with Gasteiger partial charge in [0.25, 0.3) is 0 Å². The van der Waals surface area contributed by atoms with E-state index in [1.165, 1.54) is 12.3 Å². The van der Waals surface area contributed by atoms with Gasteiger partial charge in [0, 0.05) is 28.5 Å². The van der Waals surface area contributed by atoms with E-state index in [0.29, 0.717) is 6.29 Å². The first kappa shape index (κ1) is 24.8. The lowest BCUT2D eigenvalue weighted by Crippen LogP contribution is -1.97. The normalized spacial score (nSPS) is 11.1. The molecule has 0 spiro atoms. The van der Waals surface area contributed by atoms with Crippen molar-refractivity contribution in [3.63, 3.8) is 0 Å². The largest absolute Gasteiger partial charge is 0.298 e. The highest BCUT2D eigenvalue weighted by Crippen LogP contribution is 2.53. The Morgan fingerprint density at radius 3 is 1.33 bits per heavy atom. The van der Waals surface area contributed by atoms with Crippen LogP contribution in [0.15, 0.2) is 12.3 Å².